The molecule has 0 bridgehead atoms. The molecule has 1 amide bonds. The number of methoxy groups -OCH3 is 1. The number of carbonyl (C=O) groups excluding carboxylic acids is 1. The van der Waals surface area contributed by atoms with Crippen molar-refractivity contribution in [2.45, 2.75) is 13.8 Å². The summed E-state index contributed by atoms with van der Waals surface area (Å²) in [4.78, 5) is 14.7. The van der Waals surface area contributed by atoms with Crippen molar-refractivity contribution in [3.05, 3.63) is 26.2 Å². The Morgan fingerprint density at radius 1 is 1.50 bits per heavy atom. The van der Waals surface area contributed by atoms with Gasteiger partial charge >= 0.3 is 0 Å². The first-order valence-electron chi connectivity index (χ1n) is 6.65. The maximum Gasteiger partial charge on any atom is 0.266 e. The van der Waals surface area contributed by atoms with Crippen LogP contribution in [0.15, 0.2) is 17.0 Å². The second-order valence-corrected chi connectivity index (χ2v) is 8.08. The number of hydrogen-bond donors (Lipinski definition) is 1. The first-order chi connectivity index (χ1) is 10.3. The molecule has 1 aromatic rings. The molecule has 1 heterocycles. The van der Waals surface area contributed by atoms with Crippen LogP contribution in [0.5, 0.6) is 11.5 Å². The minimum atomic E-state index is -0.0641. The van der Waals surface area contributed by atoms with Crippen LogP contribution in [0.4, 0.5) is 0 Å². The summed E-state index contributed by atoms with van der Waals surface area (Å²) in [5.41, 5.74) is 0.795. The summed E-state index contributed by atoms with van der Waals surface area (Å²) in [5.74, 6) is 0.783. The van der Waals surface area contributed by atoms with Gasteiger partial charge < -0.3 is 9.84 Å². The van der Waals surface area contributed by atoms with Crippen molar-refractivity contribution >= 4 is 62.9 Å². The molecule has 1 aliphatic rings. The average molecular weight is 449 g/mol. The fraction of sp³-hybridized carbons (Fsp3) is 0.333. The van der Waals surface area contributed by atoms with Gasteiger partial charge in [0.25, 0.3) is 5.91 Å². The van der Waals surface area contributed by atoms with Gasteiger partial charge in [0.05, 0.1) is 15.6 Å². The van der Waals surface area contributed by atoms with Crippen LogP contribution in [-0.4, -0.2) is 33.9 Å². The molecule has 1 aromatic carbocycles. The molecule has 0 spiro atoms. The normalized spacial score (nSPS) is 17.0. The number of phenolic OH excluding ortho intramolecular Hbond substituents is 1. The number of carbonyl (C=O) groups is 1. The van der Waals surface area contributed by atoms with Crippen LogP contribution in [0.25, 0.3) is 6.08 Å². The number of thioether (sulfide) groups is 1. The predicted molar refractivity (Wildman–Crippen MR) is 102 cm³/mol. The first-order valence-corrected chi connectivity index (χ1v) is 8.95. The van der Waals surface area contributed by atoms with Crippen LogP contribution < -0.4 is 4.74 Å². The highest BCUT2D eigenvalue weighted by atomic mass is 127. The van der Waals surface area contributed by atoms with Gasteiger partial charge in [-0.2, -0.15) is 0 Å². The molecule has 2 rings (SSSR count). The third-order valence-electron chi connectivity index (χ3n) is 2.99. The van der Waals surface area contributed by atoms with Crippen LogP contribution >= 0.6 is 46.6 Å². The summed E-state index contributed by atoms with van der Waals surface area (Å²) in [7, 11) is 1.50. The topological polar surface area (TPSA) is 49.8 Å². The third kappa shape index (κ3) is 3.75. The fourth-order valence-electron chi connectivity index (χ4n) is 2.01. The molecular formula is C15H16INO3S2. The molecular weight excluding hydrogens is 433 g/mol. The SMILES string of the molecule is COc1cc(/C=C2/SC(=S)N(CC(C)C)C2=O)cc(I)c1O. The molecule has 0 unspecified atom stereocenters. The van der Waals surface area contributed by atoms with Crippen LogP contribution in [0, 0.1) is 9.49 Å². The third-order valence-corrected chi connectivity index (χ3v) is 5.19. The number of thiocarbonyl (C=S) groups is 1. The average Bonchev–Trinajstić information content (AvgIpc) is 2.70. The molecule has 1 N–H and O–H groups in total. The second kappa shape index (κ2) is 7.18. The number of nitrogens with zero attached hydrogens (tertiary/aromatic N) is 1. The van der Waals surface area contributed by atoms with Crippen molar-refractivity contribution in [1.29, 1.82) is 0 Å². The highest BCUT2D eigenvalue weighted by Gasteiger charge is 2.32. The predicted octanol–water partition coefficient (Wildman–Crippen LogP) is 3.86. The molecule has 118 valence electrons. The van der Waals surface area contributed by atoms with E-state index >= 15 is 0 Å². The summed E-state index contributed by atoms with van der Waals surface area (Å²) in [6, 6.07) is 3.50. The van der Waals surface area contributed by atoms with E-state index in [9.17, 15) is 9.90 Å². The number of aromatic hydroxyl groups is 1. The number of ether oxygens (including phenoxy) is 1. The maximum atomic E-state index is 12.4. The molecule has 22 heavy (non-hydrogen) atoms. The lowest BCUT2D eigenvalue weighted by Gasteiger charge is -2.16. The number of halogens is 1. The standard InChI is InChI=1S/C15H16INO3S2/c1-8(2)7-17-14(19)12(22-15(17)21)6-9-4-10(16)13(18)11(5-9)20-3/h4-6,8,18H,7H2,1-3H3/b12-6+. The quantitative estimate of drug-likeness (QED) is 0.430. The van der Waals surface area contributed by atoms with E-state index < -0.39 is 0 Å². The fourth-order valence-corrected chi connectivity index (χ4v) is 3.91. The Hall–Kier alpha value is -0.800. The van der Waals surface area contributed by atoms with Gasteiger partial charge in [0.2, 0.25) is 0 Å². The number of phenols is 1. The van der Waals surface area contributed by atoms with Crippen LogP contribution in [-0.2, 0) is 4.79 Å². The Kier molecular flexibility index (Phi) is 5.73. The van der Waals surface area contributed by atoms with Gasteiger partial charge in [-0.15, -0.1) is 0 Å². The van der Waals surface area contributed by atoms with E-state index in [2.05, 4.69) is 13.8 Å². The van der Waals surface area contributed by atoms with Gasteiger partial charge in [0, 0.05) is 6.54 Å². The lowest BCUT2D eigenvalue weighted by atomic mass is 10.1. The van der Waals surface area contributed by atoms with E-state index in [-0.39, 0.29) is 11.7 Å². The van der Waals surface area contributed by atoms with Gasteiger partial charge in [-0.1, -0.05) is 37.8 Å². The second-order valence-electron chi connectivity index (χ2n) is 5.24. The van der Waals surface area contributed by atoms with E-state index in [4.69, 9.17) is 17.0 Å². The molecule has 0 aromatic heterocycles. The van der Waals surface area contributed by atoms with Crippen molar-refractivity contribution in [1.82, 2.24) is 4.90 Å². The Morgan fingerprint density at radius 3 is 2.77 bits per heavy atom. The Bertz CT molecular complexity index is 658. The monoisotopic (exact) mass is 449 g/mol. The van der Waals surface area contributed by atoms with Crippen molar-refractivity contribution in [3.63, 3.8) is 0 Å². The van der Waals surface area contributed by atoms with Gasteiger partial charge in [-0.3, -0.25) is 9.69 Å². The van der Waals surface area contributed by atoms with Gasteiger partial charge in [0.1, 0.15) is 4.32 Å². The summed E-state index contributed by atoms with van der Waals surface area (Å²) in [6.45, 7) is 4.73. The number of benzene rings is 1. The van der Waals surface area contributed by atoms with E-state index in [1.807, 2.05) is 22.6 Å². The van der Waals surface area contributed by atoms with E-state index in [0.717, 1.165) is 5.56 Å². The Morgan fingerprint density at radius 2 is 2.18 bits per heavy atom. The smallest absolute Gasteiger partial charge is 0.266 e. The molecule has 0 aliphatic carbocycles. The van der Waals surface area contributed by atoms with Gasteiger partial charge in [-0.05, 0) is 52.3 Å². The van der Waals surface area contributed by atoms with Crippen molar-refractivity contribution in [2.24, 2.45) is 5.92 Å². The zero-order chi connectivity index (χ0) is 16.4. The molecule has 7 heteroatoms. The summed E-state index contributed by atoms with van der Waals surface area (Å²) >= 11 is 8.62. The summed E-state index contributed by atoms with van der Waals surface area (Å²) < 4.78 is 6.40. The molecule has 4 nitrogen and oxygen atoms in total. The van der Waals surface area contributed by atoms with E-state index in [0.29, 0.717) is 31.0 Å². The Balaban J connectivity index is 2.33. The van der Waals surface area contributed by atoms with Crippen molar-refractivity contribution in [3.8, 4) is 11.5 Å². The molecule has 0 saturated carbocycles. The summed E-state index contributed by atoms with van der Waals surface area (Å²) in [6.07, 6.45) is 1.78. The van der Waals surface area contributed by atoms with E-state index in [1.54, 1.807) is 23.1 Å². The van der Waals surface area contributed by atoms with Gasteiger partial charge in [0.15, 0.2) is 11.5 Å². The number of amides is 1. The van der Waals surface area contributed by atoms with Crippen LogP contribution in [0.3, 0.4) is 0 Å². The molecule has 1 aliphatic heterocycles. The van der Waals surface area contributed by atoms with Crippen LogP contribution in [0.2, 0.25) is 0 Å². The minimum Gasteiger partial charge on any atom is -0.504 e. The highest BCUT2D eigenvalue weighted by Crippen LogP contribution is 2.36. The number of hydrogen-bond acceptors (Lipinski definition) is 5. The number of rotatable bonds is 4. The molecule has 0 atom stereocenters. The largest absolute Gasteiger partial charge is 0.504 e. The van der Waals surface area contributed by atoms with Gasteiger partial charge in [-0.25, -0.2) is 0 Å². The lowest BCUT2D eigenvalue weighted by molar-refractivity contribution is -0.122. The first kappa shape index (κ1) is 17.6. The highest BCUT2D eigenvalue weighted by molar-refractivity contribution is 14.1. The summed E-state index contributed by atoms with van der Waals surface area (Å²) in [5, 5.41) is 9.86. The zero-order valence-electron chi connectivity index (χ0n) is 12.4. The Labute approximate surface area is 153 Å². The van der Waals surface area contributed by atoms with Crippen LogP contribution in [0.1, 0.15) is 19.4 Å². The lowest BCUT2D eigenvalue weighted by Crippen LogP contribution is -2.31. The molecule has 1 saturated heterocycles. The molecule has 1 fully saturated rings. The van der Waals surface area contributed by atoms with E-state index in [1.165, 1.54) is 18.9 Å². The van der Waals surface area contributed by atoms with Crippen molar-refractivity contribution in [2.75, 3.05) is 13.7 Å². The minimum absolute atomic E-state index is 0.0641. The van der Waals surface area contributed by atoms with Crippen molar-refractivity contribution < 1.29 is 14.6 Å². The maximum absolute atomic E-state index is 12.4. The molecule has 0 radical (unpaired) electrons. The zero-order valence-corrected chi connectivity index (χ0v) is 16.2.